The maximum absolute atomic E-state index is 11.9. The molecule has 0 bridgehead atoms. The molecule has 0 aromatic heterocycles. The van der Waals surface area contributed by atoms with Crippen LogP contribution in [0.3, 0.4) is 0 Å². The predicted octanol–water partition coefficient (Wildman–Crippen LogP) is 4.26. The maximum atomic E-state index is 11.9. The van der Waals surface area contributed by atoms with Crippen LogP contribution in [-0.4, -0.2) is 16.8 Å². The smallest absolute Gasteiger partial charge is 0.363 e. The molecule has 1 heterocycles. The quantitative estimate of drug-likeness (QED) is 0.355. The van der Waals surface area contributed by atoms with Crippen molar-refractivity contribution in [3.05, 3.63) is 86.6 Å². The predicted molar refractivity (Wildman–Crippen MR) is 95.1 cm³/mol. The first-order valence-electron chi connectivity index (χ1n) is 7.22. The van der Waals surface area contributed by atoms with E-state index in [-0.39, 0.29) is 17.3 Å². The van der Waals surface area contributed by atoms with Gasteiger partial charge in [-0.25, -0.2) is 9.79 Å². The van der Waals surface area contributed by atoms with Crippen LogP contribution in [0.15, 0.2) is 65.3 Å². The summed E-state index contributed by atoms with van der Waals surface area (Å²) < 4.78 is 5.08. The van der Waals surface area contributed by atoms with Crippen molar-refractivity contribution in [3.8, 4) is 0 Å². The third-order valence-electron chi connectivity index (χ3n) is 3.33. The number of aliphatic imine (C=N–C) groups is 1. The minimum Gasteiger partial charge on any atom is -0.403 e. The Bertz CT molecular complexity index is 913. The van der Waals surface area contributed by atoms with Crippen molar-refractivity contribution in [1.29, 1.82) is 0 Å². The van der Waals surface area contributed by atoms with E-state index in [1.54, 1.807) is 24.3 Å². The number of carbonyl (C=O) groups is 1. The van der Waals surface area contributed by atoms with E-state index in [1.807, 2.05) is 12.1 Å². The standard InChI is InChI=1S/C18H11ClN2O4/c19-14-6-1-12(2-7-14)5-10-17-20-16(18(22)25-17)11-13-3-8-15(9-4-13)21(23)24/h1-11H. The fourth-order valence-corrected chi connectivity index (χ4v) is 2.21. The van der Waals surface area contributed by atoms with E-state index in [2.05, 4.69) is 4.99 Å². The van der Waals surface area contributed by atoms with Gasteiger partial charge in [0.2, 0.25) is 5.90 Å². The summed E-state index contributed by atoms with van der Waals surface area (Å²) in [7, 11) is 0. The van der Waals surface area contributed by atoms with Crippen molar-refractivity contribution in [2.45, 2.75) is 0 Å². The summed E-state index contributed by atoms with van der Waals surface area (Å²) in [6, 6.07) is 12.9. The SMILES string of the molecule is O=C1OC(C=Cc2ccc(Cl)cc2)=NC1=Cc1ccc([N+](=O)[O-])cc1. The molecule has 1 aliphatic rings. The molecule has 0 saturated heterocycles. The number of non-ortho nitro benzene ring substituents is 1. The topological polar surface area (TPSA) is 81.8 Å². The molecule has 0 unspecified atom stereocenters. The largest absolute Gasteiger partial charge is 0.403 e. The lowest BCUT2D eigenvalue weighted by Gasteiger charge is -1.94. The number of esters is 1. The molecule has 0 spiro atoms. The second-order valence-corrected chi connectivity index (χ2v) is 5.54. The normalized spacial score (nSPS) is 15.5. The zero-order valence-corrected chi connectivity index (χ0v) is 13.5. The molecular formula is C18H11ClN2O4. The van der Waals surface area contributed by atoms with Gasteiger partial charge < -0.3 is 4.74 Å². The van der Waals surface area contributed by atoms with E-state index in [0.29, 0.717) is 10.6 Å². The molecule has 2 aromatic rings. The summed E-state index contributed by atoms with van der Waals surface area (Å²) in [5.74, 6) is -0.401. The van der Waals surface area contributed by atoms with Gasteiger partial charge >= 0.3 is 5.97 Å². The van der Waals surface area contributed by atoms with Crippen molar-refractivity contribution in [2.75, 3.05) is 0 Å². The fourth-order valence-electron chi connectivity index (χ4n) is 2.09. The second-order valence-electron chi connectivity index (χ2n) is 5.10. The molecule has 0 amide bonds. The molecule has 3 rings (SSSR count). The number of hydrogen-bond acceptors (Lipinski definition) is 5. The van der Waals surface area contributed by atoms with Gasteiger partial charge in [0.25, 0.3) is 5.69 Å². The average molecular weight is 355 g/mol. The van der Waals surface area contributed by atoms with E-state index in [9.17, 15) is 14.9 Å². The molecule has 0 atom stereocenters. The minimum atomic E-state index is -0.575. The summed E-state index contributed by atoms with van der Waals surface area (Å²) in [5.41, 5.74) is 1.61. The number of hydrogen-bond donors (Lipinski definition) is 0. The Balaban J connectivity index is 1.77. The molecule has 0 fully saturated rings. The molecule has 0 N–H and O–H groups in total. The molecule has 1 aliphatic heterocycles. The van der Waals surface area contributed by atoms with Gasteiger partial charge in [-0.3, -0.25) is 10.1 Å². The van der Waals surface area contributed by atoms with E-state index >= 15 is 0 Å². The number of nitrogens with zero attached hydrogens (tertiary/aromatic N) is 2. The first-order valence-corrected chi connectivity index (χ1v) is 7.60. The van der Waals surface area contributed by atoms with E-state index < -0.39 is 10.9 Å². The van der Waals surface area contributed by atoms with Gasteiger partial charge in [0.05, 0.1) is 4.92 Å². The highest BCUT2D eigenvalue weighted by Crippen LogP contribution is 2.19. The maximum Gasteiger partial charge on any atom is 0.363 e. The fraction of sp³-hybridized carbons (Fsp3) is 0. The lowest BCUT2D eigenvalue weighted by atomic mass is 10.2. The zero-order chi connectivity index (χ0) is 17.8. The third-order valence-corrected chi connectivity index (χ3v) is 3.58. The number of halogens is 1. The van der Waals surface area contributed by atoms with Crippen molar-refractivity contribution in [1.82, 2.24) is 0 Å². The second kappa shape index (κ2) is 7.11. The van der Waals surface area contributed by atoms with Gasteiger partial charge in [-0.2, -0.15) is 0 Å². The third kappa shape index (κ3) is 4.19. The van der Waals surface area contributed by atoms with E-state index in [0.717, 1.165) is 5.56 Å². The molecule has 7 heteroatoms. The van der Waals surface area contributed by atoms with Crippen LogP contribution in [0.4, 0.5) is 5.69 Å². The average Bonchev–Trinajstić information content (AvgIpc) is 2.94. The van der Waals surface area contributed by atoms with Crippen LogP contribution in [0.2, 0.25) is 5.02 Å². The number of cyclic esters (lactones) is 1. The summed E-state index contributed by atoms with van der Waals surface area (Å²) in [4.78, 5) is 26.1. The Morgan fingerprint density at radius 3 is 2.28 bits per heavy atom. The Labute approximate surface area is 147 Å². The molecule has 25 heavy (non-hydrogen) atoms. The number of carbonyl (C=O) groups excluding carboxylic acids is 1. The Hall–Kier alpha value is -3.25. The van der Waals surface area contributed by atoms with Crippen LogP contribution >= 0.6 is 11.6 Å². The first-order chi connectivity index (χ1) is 12.0. The molecule has 2 aromatic carbocycles. The highest BCUT2D eigenvalue weighted by atomic mass is 35.5. The summed E-state index contributed by atoms with van der Waals surface area (Å²) in [6.07, 6.45) is 4.84. The number of nitro benzene ring substituents is 1. The van der Waals surface area contributed by atoms with Gasteiger partial charge in [-0.15, -0.1) is 0 Å². The van der Waals surface area contributed by atoms with Gasteiger partial charge in [0.1, 0.15) is 0 Å². The van der Waals surface area contributed by atoms with Crippen molar-refractivity contribution >= 4 is 41.3 Å². The Kier molecular flexibility index (Phi) is 4.72. The minimum absolute atomic E-state index is 0.0220. The zero-order valence-electron chi connectivity index (χ0n) is 12.8. The summed E-state index contributed by atoms with van der Waals surface area (Å²) in [6.45, 7) is 0. The van der Waals surface area contributed by atoms with Gasteiger partial charge in [0.15, 0.2) is 5.70 Å². The number of benzene rings is 2. The first kappa shape index (κ1) is 16.6. The van der Waals surface area contributed by atoms with Crippen LogP contribution < -0.4 is 0 Å². The molecule has 124 valence electrons. The molecule has 0 saturated carbocycles. The van der Waals surface area contributed by atoms with Crippen LogP contribution in [0, 0.1) is 10.1 Å². The van der Waals surface area contributed by atoms with Crippen LogP contribution in [-0.2, 0) is 9.53 Å². The summed E-state index contributed by atoms with van der Waals surface area (Å²) in [5, 5.41) is 11.3. The highest BCUT2D eigenvalue weighted by Gasteiger charge is 2.21. The number of nitro groups is 1. The van der Waals surface area contributed by atoms with Gasteiger partial charge in [-0.05, 0) is 47.5 Å². The monoisotopic (exact) mass is 354 g/mol. The van der Waals surface area contributed by atoms with Crippen molar-refractivity contribution in [3.63, 3.8) is 0 Å². The van der Waals surface area contributed by atoms with E-state index in [1.165, 1.54) is 30.3 Å². The molecule has 0 aliphatic carbocycles. The van der Waals surface area contributed by atoms with Crippen molar-refractivity contribution in [2.24, 2.45) is 4.99 Å². The lowest BCUT2D eigenvalue weighted by molar-refractivity contribution is -0.384. The Morgan fingerprint density at radius 2 is 1.64 bits per heavy atom. The molecule has 6 nitrogen and oxygen atoms in total. The highest BCUT2D eigenvalue weighted by molar-refractivity contribution is 6.30. The van der Waals surface area contributed by atoms with Crippen LogP contribution in [0.25, 0.3) is 12.2 Å². The molecule has 0 radical (unpaired) electrons. The van der Waals surface area contributed by atoms with E-state index in [4.69, 9.17) is 16.3 Å². The summed E-state index contributed by atoms with van der Waals surface area (Å²) >= 11 is 5.82. The number of rotatable bonds is 4. The number of ether oxygens (including phenoxy) is 1. The van der Waals surface area contributed by atoms with Crippen LogP contribution in [0.1, 0.15) is 11.1 Å². The van der Waals surface area contributed by atoms with Crippen molar-refractivity contribution < 1.29 is 14.5 Å². The van der Waals surface area contributed by atoms with Gasteiger partial charge in [0, 0.05) is 23.2 Å². The van der Waals surface area contributed by atoms with Gasteiger partial charge in [-0.1, -0.05) is 23.7 Å². The lowest BCUT2D eigenvalue weighted by Crippen LogP contribution is -2.01. The van der Waals surface area contributed by atoms with Crippen LogP contribution in [0.5, 0.6) is 0 Å². The Morgan fingerprint density at radius 1 is 1.00 bits per heavy atom. The molecular weight excluding hydrogens is 344 g/mol.